The molecule has 0 radical (unpaired) electrons. The van der Waals surface area contributed by atoms with Crippen LogP contribution in [0.25, 0.3) is 16.6 Å². The molecule has 1 aliphatic heterocycles. The molecule has 2 aromatic heterocycles. The Labute approximate surface area is 168 Å². The van der Waals surface area contributed by atoms with E-state index >= 15 is 0 Å². The van der Waals surface area contributed by atoms with Crippen molar-refractivity contribution in [3.05, 3.63) is 60.3 Å². The van der Waals surface area contributed by atoms with Crippen molar-refractivity contribution in [1.82, 2.24) is 25.7 Å². The summed E-state index contributed by atoms with van der Waals surface area (Å²) in [6.07, 6.45) is 7.38. The first-order valence-electron chi connectivity index (χ1n) is 9.76. The molecule has 0 bridgehead atoms. The number of hydrogen-bond acceptors (Lipinski definition) is 6. The molecule has 3 heterocycles. The van der Waals surface area contributed by atoms with Gasteiger partial charge in [0.15, 0.2) is 0 Å². The molecule has 0 unspecified atom stereocenters. The number of aromatic amines is 1. The standard InChI is InChI=1S/C21H25FN6O/c1-14(27-29)16-11-25-21(26-12-16)28-6-4-15(5-7-28)9-23-10-17-13-24-20-3-2-18(22)8-19(17)20/h2-3,8,11-13,15,23-24,27,29H,1,4-7,9-10H2. The highest BCUT2D eigenvalue weighted by Gasteiger charge is 2.21. The monoisotopic (exact) mass is 396 g/mol. The van der Waals surface area contributed by atoms with Crippen LogP contribution in [-0.4, -0.2) is 39.8 Å². The van der Waals surface area contributed by atoms with Gasteiger partial charge in [0.25, 0.3) is 0 Å². The predicted molar refractivity (Wildman–Crippen MR) is 111 cm³/mol. The van der Waals surface area contributed by atoms with Gasteiger partial charge in [0.05, 0.1) is 5.70 Å². The number of nitrogens with zero attached hydrogens (tertiary/aromatic N) is 3. The maximum Gasteiger partial charge on any atom is 0.225 e. The Morgan fingerprint density at radius 3 is 2.76 bits per heavy atom. The van der Waals surface area contributed by atoms with Gasteiger partial charge in [0.1, 0.15) is 5.82 Å². The number of anilines is 1. The molecule has 152 valence electrons. The van der Waals surface area contributed by atoms with Gasteiger partial charge in [0.2, 0.25) is 5.95 Å². The number of benzene rings is 1. The first-order chi connectivity index (χ1) is 14.1. The number of aromatic nitrogens is 3. The zero-order valence-electron chi connectivity index (χ0n) is 16.2. The lowest BCUT2D eigenvalue weighted by molar-refractivity contribution is 0.225. The lowest BCUT2D eigenvalue weighted by atomic mass is 9.97. The first-order valence-corrected chi connectivity index (χ1v) is 9.76. The maximum atomic E-state index is 13.5. The fraction of sp³-hybridized carbons (Fsp3) is 0.333. The van der Waals surface area contributed by atoms with Crippen molar-refractivity contribution < 1.29 is 9.60 Å². The SMILES string of the molecule is C=C(NO)c1cnc(N2CCC(CNCc3c[nH]c4ccc(F)cc34)CC2)nc1. The third-order valence-electron chi connectivity index (χ3n) is 5.50. The summed E-state index contributed by atoms with van der Waals surface area (Å²) in [6, 6.07) is 4.83. The zero-order chi connectivity index (χ0) is 20.2. The third kappa shape index (κ3) is 4.38. The molecule has 0 atom stereocenters. The Kier molecular flexibility index (Phi) is 5.73. The van der Waals surface area contributed by atoms with Crippen LogP contribution in [0.3, 0.4) is 0 Å². The van der Waals surface area contributed by atoms with E-state index in [1.165, 1.54) is 6.07 Å². The molecular formula is C21H25FN6O. The van der Waals surface area contributed by atoms with Gasteiger partial charge in [-0.25, -0.2) is 14.4 Å². The number of piperidine rings is 1. The minimum atomic E-state index is -0.210. The summed E-state index contributed by atoms with van der Waals surface area (Å²) in [5, 5.41) is 13.3. The number of H-pyrrole nitrogens is 1. The van der Waals surface area contributed by atoms with Gasteiger partial charge in [-0.15, -0.1) is 0 Å². The lowest BCUT2D eigenvalue weighted by Gasteiger charge is -2.32. The molecule has 0 amide bonds. The van der Waals surface area contributed by atoms with Crippen molar-refractivity contribution in [2.45, 2.75) is 19.4 Å². The average molecular weight is 396 g/mol. The van der Waals surface area contributed by atoms with Gasteiger partial charge in [-0.05, 0) is 49.1 Å². The Bertz CT molecular complexity index is 979. The van der Waals surface area contributed by atoms with Crippen LogP contribution in [0.5, 0.6) is 0 Å². The summed E-state index contributed by atoms with van der Waals surface area (Å²) >= 11 is 0. The van der Waals surface area contributed by atoms with Crippen molar-refractivity contribution in [3.63, 3.8) is 0 Å². The van der Waals surface area contributed by atoms with E-state index in [9.17, 15) is 4.39 Å². The number of hydrogen-bond donors (Lipinski definition) is 4. The Hall–Kier alpha value is -2.97. The minimum absolute atomic E-state index is 0.210. The summed E-state index contributed by atoms with van der Waals surface area (Å²) in [6.45, 7) is 7.14. The van der Waals surface area contributed by atoms with E-state index in [0.29, 0.717) is 23.1 Å². The van der Waals surface area contributed by atoms with Crippen LogP contribution in [0.1, 0.15) is 24.0 Å². The van der Waals surface area contributed by atoms with Crippen molar-refractivity contribution in [2.75, 3.05) is 24.5 Å². The van der Waals surface area contributed by atoms with Gasteiger partial charge < -0.3 is 15.2 Å². The molecule has 8 heteroatoms. The van der Waals surface area contributed by atoms with E-state index < -0.39 is 0 Å². The summed E-state index contributed by atoms with van der Waals surface area (Å²) in [5.41, 5.74) is 5.09. The molecule has 7 nitrogen and oxygen atoms in total. The number of nitrogens with one attached hydrogen (secondary N) is 3. The molecule has 1 fully saturated rings. The van der Waals surface area contributed by atoms with Gasteiger partial charge in [-0.1, -0.05) is 6.58 Å². The number of fused-ring (bicyclic) bond motifs is 1. The number of hydroxylamine groups is 1. The number of rotatable bonds is 7. The van der Waals surface area contributed by atoms with E-state index in [0.717, 1.165) is 55.5 Å². The van der Waals surface area contributed by atoms with Crippen LogP contribution in [0.15, 0.2) is 43.4 Å². The van der Waals surface area contributed by atoms with Crippen molar-refractivity contribution >= 4 is 22.5 Å². The fourth-order valence-electron chi connectivity index (χ4n) is 3.75. The maximum absolute atomic E-state index is 13.5. The zero-order valence-corrected chi connectivity index (χ0v) is 16.2. The van der Waals surface area contributed by atoms with E-state index in [4.69, 9.17) is 5.21 Å². The van der Waals surface area contributed by atoms with Crippen molar-refractivity contribution in [2.24, 2.45) is 5.92 Å². The molecule has 0 saturated carbocycles. The van der Waals surface area contributed by atoms with Gasteiger partial charge in [0, 0.05) is 54.7 Å². The second kappa shape index (κ2) is 8.59. The Morgan fingerprint density at radius 2 is 2.03 bits per heavy atom. The second-order valence-corrected chi connectivity index (χ2v) is 7.43. The average Bonchev–Trinajstić information content (AvgIpc) is 3.16. The summed E-state index contributed by atoms with van der Waals surface area (Å²) in [5.74, 6) is 1.08. The normalized spacial score (nSPS) is 15.0. The van der Waals surface area contributed by atoms with E-state index in [2.05, 4.69) is 31.7 Å². The molecule has 1 aliphatic rings. The quantitative estimate of drug-likeness (QED) is 0.459. The van der Waals surface area contributed by atoms with E-state index in [1.54, 1.807) is 24.5 Å². The molecule has 0 aliphatic carbocycles. The lowest BCUT2D eigenvalue weighted by Crippen LogP contribution is -2.38. The summed E-state index contributed by atoms with van der Waals surface area (Å²) in [4.78, 5) is 14.1. The van der Waals surface area contributed by atoms with Crippen molar-refractivity contribution in [1.29, 1.82) is 0 Å². The van der Waals surface area contributed by atoms with Gasteiger partial charge >= 0.3 is 0 Å². The van der Waals surface area contributed by atoms with Crippen LogP contribution in [0, 0.1) is 11.7 Å². The van der Waals surface area contributed by atoms with Crippen LogP contribution in [0.2, 0.25) is 0 Å². The Balaban J connectivity index is 1.25. The van der Waals surface area contributed by atoms with E-state index in [-0.39, 0.29) is 5.82 Å². The highest BCUT2D eigenvalue weighted by molar-refractivity contribution is 5.83. The van der Waals surface area contributed by atoms with Crippen LogP contribution < -0.4 is 15.7 Å². The van der Waals surface area contributed by atoms with Crippen molar-refractivity contribution in [3.8, 4) is 0 Å². The van der Waals surface area contributed by atoms with Crippen LogP contribution in [-0.2, 0) is 6.54 Å². The molecular weight excluding hydrogens is 371 g/mol. The molecule has 4 rings (SSSR count). The second-order valence-electron chi connectivity index (χ2n) is 7.43. The number of halogens is 1. The first kappa shape index (κ1) is 19.4. The highest BCUT2D eigenvalue weighted by Crippen LogP contribution is 2.22. The fourth-order valence-corrected chi connectivity index (χ4v) is 3.75. The third-order valence-corrected chi connectivity index (χ3v) is 5.50. The smallest absolute Gasteiger partial charge is 0.225 e. The van der Waals surface area contributed by atoms with Gasteiger partial charge in [-0.3, -0.25) is 10.7 Å². The summed E-state index contributed by atoms with van der Waals surface area (Å²) in [7, 11) is 0. The Morgan fingerprint density at radius 1 is 1.28 bits per heavy atom. The van der Waals surface area contributed by atoms with E-state index in [1.807, 2.05) is 11.7 Å². The molecule has 1 saturated heterocycles. The largest absolute Gasteiger partial charge is 0.361 e. The van der Waals surface area contributed by atoms with Gasteiger partial charge in [-0.2, -0.15) is 0 Å². The topological polar surface area (TPSA) is 89.1 Å². The molecule has 4 N–H and O–H groups in total. The molecule has 29 heavy (non-hydrogen) atoms. The summed E-state index contributed by atoms with van der Waals surface area (Å²) < 4.78 is 13.5. The predicted octanol–water partition coefficient (Wildman–Crippen LogP) is 3.05. The minimum Gasteiger partial charge on any atom is -0.361 e. The highest BCUT2D eigenvalue weighted by atomic mass is 19.1. The van der Waals surface area contributed by atoms with Crippen LogP contribution in [0.4, 0.5) is 10.3 Å². The molecule has 3 aromatic rings. The van der Waals surface area contributed by atoms with Crippen LogP contribution >= 0.6 is 0 Å². The molecule has 0 spiro atoms. The molecule has 1 aromatic carbocycles.